The van der Waals surface area contributed by atoms with Gasteiger partial charge in [0.2, 0.25) is 5.91 Å². The highest BCUT2D eigenvalue weighted by atomic mass is 16.6. The van der Waals surface area contributed by atoms with Gasteiger partial charge in [0.15, 0.2) is 12.2 Å². The highest BCUT2D eigenvalue weighted by Crippen LogP contribution is 2.24. The molecule has 0 radical (unpaired) electrons. The molecular formula is C21H30N4O5. The smallest absolute Gasteiger partial charge is 0.338 e. The minimum absolute atomic E-state index is 0.106. The molecule has 0 unspecified atom stereocenters. The molecule has 9 heteroatoms. The van der Waals surface area contributed by atoms with E-state index >= 15 is 0 Å². The minimum Gasteiger partial charge on any atom is -0.464 e. The van der Waals surface area contributed by atoms with Gasteiger partial charge in [-0.1, -0.05) is 19.9 Å². The van der Waals surface area contributed by atoms with Crippen molar-refractivity contribution in [2.45, 2.75) is 45.4 Å². The van der Waals surface area contributed by atoms with Gasteiger partial charge in [-0.15, -0.1) is 0 Å². The van der Waals surface area contributed by atoms with E-state index in [1.165, 1.54) is 0 Å². The maximum absolute atomic E-state index is 13.1. The first-order valence-electron chi connectivity index (χ1n) is 10.5. The second-order valence-corrected chi connectivity index (χ2v) is 7.92. The molecule has 1 aromatic heterocycles. The Balaban J connectivity index is 1.55. The maximum atomic E-state index is 13.1. The third-order valence-electron chi connectivity index (χ3n) is 5.16. The Bertz CT molecular complexity index is 749. The summed E-state index contributed by atoms with van der Waals surface area (Å²) < 4.78 is 10.0. The van der Waals surface area contributed by atoms with E-state index in [1.54, 1.807) is 18.0 Å². The number of ether oxygens (including phenoxy) is 2. The van der Waals surface area contributed by atoms with Crippen molar-refractivity contribution in [2.24, 2.45) is 5.92 Å². The molecule has 0 saturated carbocycles. The molecule has 2 fully saturated rings. The first-order chi connectivity index (χ1) is 14.4. The van der Waals surface area contributed by atoms with E-state index in [1.807, 2.05) is 32.0 Å². The van der Waals surface area contributed by atoms with Crippen molar-refractivity contribution >= 4 is 23.6 Å². The molecule has 0 bridgehead atoms. The van der Waals surface area contributed by atoms with Gasteiger partial charge in [0, 0.05) is 32.4 Å². The summed E-state index contributed by atoms with van der Waals surface area (Å²) in [7, 11) is 0. The number of carbonyl (C=O) groups is 3. The van der Waals surface area contributed by atoms with Crippen molar-refractivity contribution in [1.29, 1.82) is 0 Å². The number of rotatable bonds is 8. The Labute approximate surface area is 176 Å². The Morgan fingerprint density at radius 3 is 2.53 bits per heavy atom. The number of hydrogen-bond donors (Lipinski definition) is 1. The van der Waals surface area contributed by atoms with Crippen LogP contribution in [0.25, 0.3) is 0 Å². The Morgan fingerprint density at radius 1 is 1.20 bits per heavy atom. The predicted octanol–water partition coefficient (Wildman–Crippen LogP) is 0.592. The van der Waals surface area contributed by atoms with Gasteiger partial charge in [-0.05, 0) is 31.4 Å². The van der Waals surface area contributed by atoms with Gasteiger partial charge in [-0.3, -0.25) is 9.59 Å². The van der Waals surface area contributed by atoms with Crippen LogP contribution in [0.2, 0.25) is 0 Å². The third kappa shape index (κ3) is 5.47. The number of nitrogens with zero attached hydrogens (tertiary/aromatic N) is 3. The van der Waals surface area contributed by atoms with E-state index in [4.69, 9.17) is 9.47 Å². The van der Waals surface area contributed by atoms with Crippen LogP contribution in [0.15, 0.2) is 24.4 Å². The fraction of sp³-hybridized carbons (Fsp3) is 0.619. The van der Waals surface area contributed by atoms with E-state index in [-0.39, 0.29) is 18.4 Å². The number of carbonyl (C=O) groups excluding carboxylic acids is 3. The number of aromatic nitrogens is 1. The second kappa shape index (κ2) is 9.88. The molecule has 1 aromatic rings. The summed E-state index contributed by atoms with van der Waals surface area (Å²) in [5, 5.41) is 2.79. The van der Waals surface area contributed by atoms with Crippen molar-refractivity contribution in [1.82, 2.24) is 15.2 Å². The minimum atomic E-state index is -0.882. The van der Waals surface area contributed by atoms with Gasteiger partial charge in [0.05, 0.1) is 6.61 Å². The first kappa shape index (κ1) is 22.0. The number of esters is 1. The quantitative estimate of drug-likeness (QED) is 0.487. The molecule has 3 heterocycles. The fourth-order valence-corrected chi connectivity index (χ4v) is 3.58. The van der Waals surface area contributed by atoms with Gasteiger partial charge in [0.1, 0.15) is 11.9 Å². The van der Waals surface area contributed by atoms with Crippen molar-refractivity contribution in [3.63, 3.8) is 0 Å². The zero-order chi connectivity index (χ0) is 21.7. The summed E-state index contributed by atoms with van der Waals surface area (Å²) in [5.41, 5.74) is 0. The maximum Gasteiger partial charge on any atom is 0.338 e. The number of amides is 2. The topological polar surface area (TPSA) is 104 Å². The van der Waals surface area contributed by atoms with Crippen molar-refractivity contribution < 1.29 is 23.9 Å². The zero-order valence-corrected chi connectivity index (χ0v) is 17.7. The molecule has 0 spiro atoms. The Morgan fingerprint density at radius 2 is 1.93 bits per heavy atom. The lowest BCUT2D eigenvalue weighted by Gasteiger charge is -2.37. The second-order valence-electron chi connectivity index (χ2n) is 7.92. The van der Waals surface area contributed by atoms with Gasteiger partial charge >= 0.3 is 5.97 Å². The highest BCUT2D eigenvalue weighted by molar-refractivity contribution is 5.95. The number of piperazine rings is 1. The molecule has 3 atom stereocenters. The van der Waals surface area contributed by atoms with Crippen LogP contribution in [-0.2, 0) is 23.9 Å². The van der Waals surface area contributed by atoms with Crippen LogP contribution in [0.4, 0.5) is 5.82 Å². The molecule has 3 rings (SSSR count). The van der Waals surface area contributed by atoms with Crippen LogP contribution in [0, 0.1) is 5.92 Å². The number of hydrogen-bond acceptors (Lipinski definition) is 7. The lowest BCUT2D eigenvalue weighted by Crippen LogP contribution is -2.56. The molecule has 2 saturated heterocycles. The molecule has 2 aliphatic heterocycles. The van der Waals surface area contributed by atoms with Gasteiger partial charge in [-0.2, -0.15) is 0 Å². The lowest BCUT2D eigenvalue weighted by atomic mass is 10.0. The molecule has 164 valence electrons. The Hall–Kier alpha value is -2.68. The predicted molar refractivity (Wildman–Crippen MR) is 110 cm³/mol. The summed E-state index contributed by atoms with van der Waals surface area (Å²) in [6.07, 6.45) is 0.515. The van der Waals surface area contributed by atoms with Crippen LogP contribution < -0.4 is 10.2 Å². The van der Waals surface area contributed by atoms with Crippen LogP contribution in [0.5, 0.6) is 0 Å². The van der Waals surface area contributed by atoms with E-state index < -0.39 is 30.1 Å². The normalized spacial score (nSPS) is 21.9. The fourth-order valence-electron chi connectivity index (χ4n) is 3.58. The molecule has 0 aliphatic carbocycles. The molecule has 9 nitrogen and oxygen atoms in total. The zero-order valence-electron chi connectivity index (χ0n) is 17.7. The first-order valence-corrected chi connectivity index (χ1v) is 10.5. The largest absolute Gasteiger partial charge is 0.464 e. The van der Waals surface area contributed by atoms with Crippen molar-refractivity contribution in [3.05, 3.63) is 24.4 Å². The number of nitrogens with one attached hydrogen (secondary N) is 1. The summed E-state index contributed by atoms with van der Waals surface area (Å²) in [5.74, 6) is 0.0165. The van der Waals surface area contributed by atoms with Gasteiger partial charge in [-0.25, -0.2) is 9.78 Å². The molecular weight excluding hydrogens is 388 g/mol. The van der Waals surface area contributed by atoms with Crippen LogP contribution >= 0.6 is 0 Å². The average Bonchev–Trinajstić information content (AvgIpc) is 3.55. The third-order valence-corrected chi connectivity index (χ3v) is 5.16. The molecule has 30 heavy (non-hydrogen) atoms. The van der Waals surface area contributed by atoms with E-state index in [9.17, 15) is 14.4 Å². The van der Waals surface area contributed by atoms with E-state index in [0.717, 1.165) is 5.82 Å². The van der Waals surface area contributed by atoms with Crippen LogP contribution in [0.1, 0.15) is 27.2 Å². The standard InChI is InChI=1S/C21H30N4O5/c1-4-29-21(28)18-17(30-18)19(26)23-15(13-14(2)3)20(27)25-11-9-24(10-12-25)16-7-5-6-8-22-16/h5-8,14-15,17-18H,4,9-13H2,1-3H3,(H,23,26)/t15-,17-,18-/m0/s1. The number of anilines is 1. The van der Waals surface area contributed by atoms with Crippen molar-refractivity contribution in [3.8, 4) is 0 Å². The lowest BCUT2D eigenvalue weighted by molar-refractivity contribution is -0.144. The molecule has 2 aliphatic rings. The van der Waals surface area contributed by atoms with Crippen LogP contribution in [0.3, 0.4) is 0 Å². The summed E-state index contributed by atoms with van der Waals surface area (Å²) in [6.45, 7) is 8.41. The summed E-state index contributed by atoms with van der Waals surface area (Å²) in [4.78, 5) is 45.6. The Kier molecular flexibility index (Phi) is 7.25. The van der Waals surface area contributed by atoms with Gasteiger partial charge in [0.25, 0.3) is 5.91 Å². The monoisotopic (exact) mass is 418 g/mol. The van der Waals surface area contributed by atoms with E-state index in [2.05, 4.69) is 15.2 Å². The van der Waals surface area contributed by atoms with Crippen molar-refractivity contribution in [2.75, 3.05) is 37.7 Å². The molecule has 1 N–H and O–H groups in total. The molecule has 2 amide bonds. The van der Waals surface area contributed by atoms with Crippen LogP contribution in [-0.4, -0.2) is 78.7 Å². The number of epoxide rings is 1. The van der Waals surface area contributed by atoms with E-state index in [0.29, 0.717) is 32.6 Å². The summed E-state index contributed by atoms with van der Waals surface area (Å²) in [6, 6.07) is 5.12. The van der Waals surface area contributed by atoms with Gasteiger partial charge < -0.3 is 24.6 Å². The SMILES string of the molecule is CCOC(=O)[C@H]1O[C@@H]1C(=O)N[C@@H](CC(C)C)C(=O)N1CCN(c2ccccn2)CC1. The summed E-state index contributed by atoms with van der Waals surface area (Å²) >= 11 is 0. The molecule has 0 aromatic carbocycles. The number of pyridine rings is 1. The highest BCUT2D eigenvalue weighted by Gasteiger charge is 2.52. The average molecular weight is 418 g/mol.